The lowest BCUT2D eigenvalue weighted by atomic mass is 9.93. The molecule has 7 heteroatoms. The number of aliphatic hydroxyl groups is 1. The zero-order valence-corrected chi connectivity index (χ0v) is 16.1. The third kappa shape index (κ3) is 3.55. The van der Waals surface area contributed by atoms with E-state index in [9.17, 15) is 20.3 Å². The number of carbonyl (C=O) groups is 1. The lowest BCUT2D eigenvalue weighted by molar-refractivity contribution is 0.0699. The van der Waals surface area contributed by atoms with Gasteiger partial charge in [-0.1, -0.05) is 6.07 Å². The van der Waals surface area contributed by atoms with Gasteiger partial charge in [-0.05, 0) is 62.9 Å². The maximum Gasteiger partial charge on any atom is 0.336 e. The molecule has 0 bridgehead atoms. The van der Waals surface area contributed by atoms with Crippen molar-refractivity contribution in [3.8, 4) is 11.8 Å². The highest BCUT2D eigenvalue weighted by atomic mass is 16.4. The fraction of sp³-hybridized carbons (Fsp3) is 0.318. The van der Waals surface area contributed by atoms with E-state index in [2.05, 4.69) is 16.5 Å². The molecule has 0 amide bonds. The molecule has 1 aliphatic rings. The number of aliphatic hydroxyl groups excluding tert-OH is 1. The molecule has 4 rings (SSSR count). The maximum atomic E-state index is 11.6. The third-order valence-electron chi connectivity index (χ3n) is 5.54. The first kappa shape index (κ1) is 19.0. The maximum absolute atomic E-state index is 11.6. The molecule has 0 aliphatic heterocycles. The predicted octanol–water partition coefficient (Wildman–Crippen LogP) is 3.62. The largest absolute Gasteiger partial charge is 0.478 e. The number of hydrogen-bond acceptors (Lipinski definition) is 5. The number of nitrogens with zero attached hydrogens (tertiary/aromatic N) is 3. The van der Waals surface area contributed by atoms with Gasteiger partial charge >= 0.3 is 5.97 Å². The molecule has 1 saturated carbocycles. The summed E-state index contributed by atoms with van der Waals surface area (Å²) in [5, 5.41) is 37.3. The number of aryl methyl sites for hydroxylation is 1. The molecule has 3 aromatic rings. The molecule has 148 valence electrons. The molecule has 0 spiro atoms. The number of carboxylic acid groups (broad SMARTS) is 1. The van der Waals surface area contributed by atoms with Crippen molar-refractivity contribution in [1.29, 1.82) is 5.26 Å². The van der Waals surface area contributed by atoms with Crippen molar-refractivity contribution in [1.82, 2.24) is 9.78 Å². The van der Waals surface area contributed by atoms with Crippen LogP contribution in [0.15, 0.2) is 36.4 Å². The van der Waals surface area contributed by atoms with E-state index in [1.165, 1.54) is 0 Å². The Morgan fingerprint density at radius 2 is 2.00 bits per heavy atom. The predicted molar refractivity (Wildman–Crippen MR) is 109 cm³/mol. The summed E-state index contributed by atoms with van der Waals surface area (Å²) in [6, 6.07) is 13.0. The molecule has 0 unspecified atom stereocenters. The van der Waals surface area contributed by atoms with Crippen molar-refractivity contribution in [3.63, 3.8) is 0 Å². The Labute approximate surface area is 168 Å². The third-order valence-corrected chi connectivity index (χ3v) is 5.54. The van der Waals surface area contributed by atoms with Crippen LogP contribution in [-0.2, 0) is 0 Å². The van der Waals surface area contributed by atoms with Gasteiger partial charge in [-0.15, -0.1) is 0 Å². The number of fused-ring (bicyclic) bond motifs is 1. The SMILES string of the molecule is Cc1nn(-c2ccc(C#N)c(NC3CCC(O)CC3)c2)c2cccc(C(=O)O)c12. The summed E-state index contributed by atoms with van der Waals surface area (Å²) in [4.78, 5) is 11.6. The zero-order valence-electron chi connectivity index (χ0n) is 16.1. The number of hydrogen-bond donors (Lipinski definition) is 3. The number of nitrogens with one attached hydrogen (secondary N) is 1. The molecule has 29 heavy (non-hydrogen) atoms. The molecular formula is C22H22N4O3. The van der Waals surface area contributed by atoms with Gasteiger partial charge in [0.15, 0.2) is 0 Å². The molecule has 0 radical (unpaired) electrons. The quantitative estimate of drug-likeness (QED) is 0.627. The normalized spacial score (nSPS) is 19.1. The van der Waals surface area contributed by atoms with E-state index >= 15 is 0 Å². The lowest BCUT2D eigenvalue weighted by Crippen LogP contribution is -2.28. The Kier molecular flexibility index (Phi) is 4.95. The molecular weight excluding hydrogens is 368 g/mol. The molecule has 1 fully saturated rings. The van der Waals surface area contributed by atoms with Gasteiger partial charge < -0.3 is 15.5 Å². The minimum atomic E-state index is -0.986. The Morgan fingerprint density at radius 3 is 2.69 bits per heavy atom. The molecule has 2 aromatic carbocycles. The van der Waals surface area contributed by atoms with Crippen LogP contribution in [0.1, 0.15) is 47.3 Å². The lowest BCUT2D eigenvalue weighted by Gasteiger charge is -2.27. The van der Waals surface area contributed by atoms with Crippen LogP contribution in [-0.4, -0.2) is 38.1 Å². The van der Waals surface area contributed by atoms with Crippen LogP contribution in [0.4, 0.5) is 5.69 Å². The summed E-state index contributed by atoms with van der Waals surface area (Å²) in [5.41, 5.74) is 3.58. The van der Waals surface area contributed by atoms with Gasteiger partial charge in [0.05, 0.1) is 39.8 Å². The average molecular weight is 390 g/mol. The van der Waals surface area contributed by atoms with Crippen LogP contribution in [0, 0.1) is 18.3 Å². The van der Waals surface area contributed by atoms with Gasteiger partial charge in [0.1, 0.15) is 6.07 Å². The van der Waals surface area contributed by atoms with E-state index in [4.69, 9.17) is 0 Å². The van der Waals surface area contributed by atoms with Crippen LogP contribution in [0.25, 0.3) is 16.6 Å². The van der Waals surface area contributed by atoms with E-state index in [0.29, 0.717) is 22.2 Å². The molecule has 0 saturated heterocycles. The van der Waals surface area contributed by atoms with Crippen LogP contribution >= 0.6 is 0 Å². The molecule has 1 heterocycles. The van der Waals surface area contributed by atoms with Crippen molar-refractivity contribution in [2.45, 2.75) is 44.8 Å². The van der Waals surface area contributed by atoms with E-state index in [1.54, 1.807) is 29.8 Å². The second kappa shape index (κ2) is 7.57. The smallest absolute Gasteiger partial charge is 0.336 e. The highest BCUT2D eigenvalue weighted by Gasteiger charge is 2.21. The summed E-state index contributed by atoms with van der Waals surface area (Å²) >= 11 is 0. The first-order chi connectivity index (χ1) is 14.0. The molecule has 7 nitrogen and oxygen atoms in total. The molecule has 0 atom stereocenters. The van der Waals surface area contributed by atoms with Gasteiger partial charge in [-0.2, -0.15) is 10.4 Å². The summed E-state index contributed by atoms with van der Waals surface area (Å²) in [6.07, 6.45) is 2.96. The number of aromatic nitrogens is 2. The van der Waals surface area contributed by atoms with Gasteiger partial charge in [-0.3, -0.25) is 0 Å². The van der Waals surface area contributed by atoms with Crippen molar-refractivity contribution in [2.75, 3.05) is 5.32 Å². The monoisotopic (exact) mass is 390 g/mol. The van der Waals surface area contributed by atoms with Crippen LogP contribution < -0.4 is 5.32 Å². The number of carboxylic acids is 1. The second-order valence-electron chi connectivity index (χ2n) is 7.49. The Hall–Kier alpha value is -3.37. The standard InChI is InChI=1S/C22H22N4O3/c1-13-21-18(22(28)29)3-2-4-20(21)26(25-13)16-8-5-14(12-23)19(11-16)24-15-6-9-17(27)10-7-15/h2-5,8,11,15,17,24,27H,6-7,9-10H2,1H3,(H,28,29). The van der Waals surface area contributed by atoms with Gasteiger partial charge in [0, 0.05) is 11.4 Å². The van der Waals surface area contributed by atoms with E-state index in [1.807, 2.05) is 18.2 Å². The summed E-state index contributed by atoms with van der Waals surface area (Å²) in [6.45, 7) is 1.79. The molecule has 1 aromatic heterocycles. The fourth-order valence-electron chi connectivity index (χ4n) is 4.05. The van der Waals surface area contributed by atoms with Crippen molar-refractivity contribution < 1.29 is 15.0 Å². The van der Waals surface area contributed by atoms with E-state index in [-0.39, 0.29) is 17.7 Å². The Balaban J connectivity index is 1.76. The van der Waals surface area contributed by atoms with Crippen LogP contribution in [0.2, 0.25) is 0 Å². The van der Waals surface area contributed by atoms with Crippen molar-refractivity contribution in [3.05, 3.63) is 53.2 Å². The summed E-state index contributed by atoms with van der Waals surface area (Å²) in [5.74, 6) is -0.986. The number of rotatable bonds is 4. The first-order valence-corrected chi connectivity index (χ1v) is 9.68. The van der Waals surface area contributed by atoms with E-state index < -0.39 is 5.97 Å². The topological polar surface area (TPSA) is 111 Å². The van der Waals surface area contributed by atoms with Crippen molar-refractivity contribution in [2.24, 2.45) is 0 Å². The number of nitriles is 1. The molecule has 3 N–H and O–H groups in total. The zero-order chi connectivity index (χ0) is 20.5. The highest BCUT2D eigenvalue weighted by Crippen LogP contribution is 2.29. The van der Waals surface area contributed by atoms with E-state index in [0.717, 1.165) is 37.1 Å². The fourth-order valence-corrected chi connectivity index (χ4v) is 4.05. The summed E-state index contributed by atoms with van der Waals surface area (Å²) < 4.78 is 1.72. The highest BCUT2D eigenvalue weighted by molar-refractivity contribution is 6.04. The first-order valence-electron chi connectivity index (χ1n) is 9.68. The van der Waals surface area contributed by atoms with Gasteiger partial charge in [-0.25, -0.2) is 9.48 Å². The van der Waals surface area contributed by atoms with Crippen molar-refractivity contribution >= 4 is 22.6 Å². The second-order valence-corrected chi connectivity index (χ2v) is 7.49. The number of benzene rings is 2. The van der Waals surface area contributed by atoms with Crippen LogP contribution in [0.3, 0.4) is 0 Å². The van der Waals surface area contributed by atoms with Crippen LogP contribution in [0.5, 0.6) is 0 Å². The summed E-state index contributed by atoms with van der Waals surface area (Å²) in [7, 11) is 0. The minimum Gasteiger partial charge on any atom is -0.478 e. The Morgan fingerprint density at radius 1 is 1.24 bits per heavy atom. The van der Waals surface area contributed by atoms with Gasteiger partial charge in [0.25, 0.3) is 0 Å². The average Bonchev–Trinajstić information content (AvgIpc) is 3.06. The number of aromatic carboxylic acids is 1. The molecule has 1 aliphatic carbocycles. The van der Waals surface area contributed by atoms with Gasteiger partial charge in [0.2, 0.25) is 0 Å². The number of anilines is 1. The Bertz CT molecular complexity index is 1120. The minimum absolute atomic E-state index is 0.204.